The van der Waals surface area contributed by atoms with E-state index in [2.05, 4.69) is 59.2 Å². The fourth-order valence-corrected chi connectivity index (χ4v) is 6.93. The Balaban J connectivity index is 1.11. The number of nitrogens with zero attached hydrogens (tertiary/aromatic N) is 2. The standard InChI is InChI=1S/C34H56N4O2/c1-39-33-15-11-13-31(27-33)29-37(23-17-35-18-24-37)21-9-7-5-3-4-6-8-10-22-38(25-19-36-20-26-38)30-32-14-12-16-34(28-32)40-2/h11-16,27-28,35-36H,3-10,17-26,29-30H2,1-2H3/q+2. The van der Waals surface area contributed by atoms with E-state index in [1.54, 1.807) is 14.2 Å². The summed E-state index contributed by atoms with van der Waals surface area (Å²) >= 11 is 0. The number of methoxy groups -OCH3 is 2. The zero-order valence-corrected chi connectivity index (χ0v) is 25.5. The molecule has 0 aliphatic carbocycles. The van der Waals surface area contributed by atoms with E-state index >= 15 is 0 Å². The van der Waals surface area contributed by atoms with Crippen molar-refractivity contribution in [1.29, 1.82) is 0 Å². The first-order chi connectivity index (χ1) is 19.6. The van der Waals surface area contributed by atoms with E-state index in [4.69, 9.17) is 9.47 Å². The van der Waals surface area contributed by atoms with Gasteiger partial charge in [0.25, 0.3) is 0 Å². The Labute approximate surface area is 244 Å². The van der Waals surface area contributed by atoms with Gasteiger partial charge in [0.2, 0.25) is 0 Å². The van der Waals surface area contributed by atoms with E-state index < -0.39 is 0 Å². The fraction of sp³-hybridized carbons (Fsp3) is 0.647. The summed E-state index contributed by atoms with van der Waals surface area (Å²) in [5.41, 5.74) is 2.82. The summed E-state index contributed by atoms with van der Waals surface area (Å²) in [5, 5.41) is 7.15. The molecule has 0 unspecified atom stereocenters. The maximum absolute atomic E-state index is 5.48. The number of rotatable bonds is 17. The van der Waals surface area contributed by atoms with Crippen molar-refractivity contribution in [2.45, 2.75) is 64.5 Å². The summed E-state index contributed by atoms with van der Waals surface area (Å²) in [7, 11) is 3.53. The van der Waals surface area contributed by atoms with Gasteiger partial charge in [0.05, 0.1) is 53.5 Å². The summed E-state index contributed by atoms with van der Waals surface area (Å²) in [5.74, 6) is 1.96. The Morgan fingerprint density at radius 2 is 0.925 bits per heavy atom. The molecule has 0 amide bonds. The highest BCUT2D eigenvalue weighted by Crippen LogP contribution is 2.23. The smallest absolute Gasteiger partial charge is 0.119 e. The monoisotopic (exact) mass is 552 g/mol. The van der Waals surface area contributed by atoms with Gasteiger partial charge in [-0.05, 0) is 49.9 Å². The van der Waals surface area contributed by atoms with Crippen LogP contribution in [0.4, 0.5) is 0 Å². The second-order valence-electron chi connectivity index (χ2n) is 12.4. The predicted molar refractivity (Wildman–Crippen MR) is 166 cm³/mol. The number of ether oxygens (including phenoxy) is 2. The minimum Gasteiger partial charge on any atom is -0.497 e. The molecule has 2 fully saturated rings. The Hall–Kier alpha value is -2.12. The molecular weight excluding hydrogens is 496 g/mol. The van der Waals surface area contributed by atoms with Gasteiger partial charge in [-0.1, -0.05) is 49.9 Å². The first kappa shape index (κ1) is 30.8. The summed E-state index contributed by atoms with van der Waals surface area (Å²) < 4.78 is 13.4. The van der Waals surface area contributed by atoms with Crippen LogP contribution in [-0.2, 0) is 13.1 Å². The first-order valence-electron chi connectivity index (χ1n) is 16.0. The molecule has 0 spiro atoms. The van der Waals surface area contributed by atoms with Crippen molar-refractivity contribution in [3.05, 3.63) is 59.7 Å². The van der Waals surface area contributed by atoms with Crippen molar-refractivity contribution in [2.24, 2.45) is 0 Å². The average molecular weight is 553 g/mol. The first-order valence-corrected chi connectivity index (χ1v) is 16.0. The molecule has 40 heavy (non-hydrogen) atoms. The Morgan fingerprint density at radius 1 is 0.550 bits per heavy atom. The zero-order valence-electron chi connectivity index (χ0n) is 25.5. The van der Waals surface area contributed by atoms with Crippen LogP contribution >= 0.6 is 0 Å². The maximum Gasteiger partial charge on any atom is 0.119 e. The lowest BCUT2D eigenvalue weighted by Crippen LogP contribution is -2.58. The van der Waals surface area contributed by atoms with Crippen molar-refractivity contribution >= 4 is 0 Å². The van der Waals surface area contributed by atoms with Gasteiger partial charge in [-0.3, -0.25) is 0 Å². The number of unbranched alkanes of at least 4 members (excludes halogenated alkanes) is 7. The third kappa shape index (κ3) is 9.76. The molecule has 2 aromatic rings. The summed E-state index contributed by atoms with van der Waals surface area (Å²) in [6, 6.07) is 17.4. The molecule has 0 aromatic heterocycles. The minimum atomic E-state index is 0.979. The second-order valence-corrected chi connectivity index (χ2v) is 12.4. The minimum absolute atomic E-state index is 0.979. The van der Waals surface area contributed by atoms with Crippen LogP contribution in [0.3, 0.4) is 0 Å². The Bertz CT molecular complexity index is 906. The SMILES string of the molecule is COc1cccc(C[N+]2(CCCCCCCCCC[N+]3(Cc4cccc(OC)c4)CCNCC3)CCNCC2)c1. The largest absolute Gasteiger partial charge is 0.497 e. The third-order valence-electron chi connectivity index (χ3n) is 9.37. The van der Waals surface area contributed by atoms with Crippen molar-refractivity contribution in [2.75, 3.05) is 79.7 Å². The van der Waals surface area contributed by atoms with Crippen molar-refractivity contribution in [1.82, 2.24) is 10.6 Å². The molecule has 0 radical (unpaired) electrons. The van der Waals surface area contributed by atoms with E-state index in [9.17, 15) is 0 Å². The molecule has 6 nitrogen and oxygen atoms in total. The zero-order chi connectivity index (χ0) is 27.9. The molecule has 0 atom stereocenters. The van der Waals surface area contributed by atoms with Gasteiger partial charge in [-0.15, -0.1) is 0 Å². The maximum atomic E-state index is 5.48. The topological polar surface area (TPSA) is 42.5 Å². The molecule has 2 heterocycles. The van der Waals surface area contributed by atoms with Crippen LogP contribution < -0.4 is 20.1 Å². The molecule has 4 rings (SSSR count). The molecule has 222 valence electrons. The summed E-state index contributed by atoms with van der Waals surface area (Å²) in [6.07, 6.45) is 11.0. The molecule has 6 heteroatoms. The van der Waals surface area contributed by atoms with Gasteiger partial charge in [0.15, 0.2) is 0 Å². The van der Waals surface area contributed by atoms with Crippen molar-refractivity contribution in [3.63, 3.8) is 0 Å². The lowest BCUT2D eigenvalue weighted by Gasteiger charge is -2.42. The Morgan fingerprint density at radius 3 is 1.30 bits per heavy atom. The van der Waals surface area contributed by atoms with Gasteiger partial charge < -0.3 is 29.1 Å². The van der Waals surface area contributed by atoms with Crippen LogP contribution in [0.2, 0.25) is 0 Å². The van der Waals surface area contributed by atoms with E-state index in [1.807, 2.05) is 0 Å². The highest BCUT2D eigenvalue weighted by Gasteiger charge is 2.30. The molecular formula is C34H56N4O2+2. The van der Waals surface area contributed by atoms with Crippen LogP contribution in [0.5, 0.6) is 11.5 Å². The number of nitrogens with one attached hydrogen (secondary N) is 2. The quantitative estimate of drug-likeness (QED) is 0.205. The average Bonchev–Trinajstić information content (AvgIpc) is 2.99. The van der Waals surface area contributed by atoms with Gasteiger partial charge in [-0.2, -0.15) is 0 Å². The molecule has 0 bridgehead atoms. The van der Waals surface area contributed by atoms with Gasteiger partial charge in [-0.25, -0.2) is 0 Å². The van der Waals surface area contributed by atoms with Gasteiger partial charge in [0, 0.05) is 37.3 Å². The van der Waals surface area contributed by atoms with Crippen LogP contribution in [0.1, 0.15) is 62.5 Å². The summed E-state index contributed by atoms with van der Waals surface area (Å²) in [4.78, 5) is 0. The highest BCUT2D eigenvalue weighted by atomic mass is 16.5. The number of hydrogen-bond acceptors (Lipinski definition) is 4. The second kappa shape index (κ2) is 16.4. The Kier molecular flexibility index (Phi) is 12.6. The van der Waals surface area contributed by atoms with Crippen molar-refractivity contribution in [3.8, 4) is 11.5 Å². The van der Waals surface area contributed by atoms with E-state index in [0.717, 1.165) is 50.8 Å². The van der Waals surface area contributed by atoms with Crippen LogP contribution in [0.15, 0.2) is 48.5 Å². The number of hydrogen-bond donors (Lipinski definition) is 2. The lowest BCUT2D eigenvalue weighted by atomic mass is 10.1. The summed E-state index contributed by atoms with van der Waals surface area (Å²) in [6.45, 7) is 14.4. The van der Waals surface area contributed by atoms with E-state index in [0.29, 0.717) is 0 Å². The van der Waals surface area contributed by atoms with Crippen molar-refractivity contribution < 1.29 is 18.4 Å². The number of quaternary nitrogens is 2. The molecule has 2 saturated heterocycles. The van der Waals surface area contributed by atoms with E-state index in [-0.39, 0.29) is 0 Å². The normalized spacial score (nSPS) is 18.4. The lowest BCUT2D eigenvalue weighted by molar-refractivity contribution is -0.942. The van der Waals surface area contributed by atoms with Crippen LogP contribution in [-0.4, -0.2) is 88.6 Å². The highest BCUT2D eigenvalue weighted by molar-refractivity contribution is 5.28. The molecule has 2 aromatic carbocycles. The third-order valence-corrected chi connectivity index (χ3v) is 9.37. The number of piperazine rings is 2. The fourth-order valence-electron chi connectivity index (χ4n) is 6.93. The predicted octanol–water partition coefficient (Wildman–Crippen LogP) is 5.36. The van der Waals surface area contributed by atoms with Gasteiger partial charge in [0.1, 0.15) is 24.6 Å². The van der Waals surface area contributed by atoms with Crippen LogP contribution in [0, 0.1) is 0 Å². The molecule has 2 aliphatic heterocycles. The molecule has 0 saturated carbocycles. The van der Waals surface area contributed by atoms with Crippen LogP contribution in [0.25, 0.3) is 0 Å². The van der Waals surface area contributed by atoms with E-state index in [1.165, 1.54) is 111 Å². The molecule has 2 N–H and O–H groups in total. The molecule has 2 aliphatic rings. The number of benzene rings is 2. The van der Waals surface area contributed by atoms with Gasteiger partial charge >= 0.3 is 0 Å².